The number of non-ortho nitro benzene ring substituents is 1. The highest BCUT2D eigenvalue weighted by molar-refractivity contribution is 5.99. The van der Waals surface area contributed by atoms with Crippen LogP contribution in [0.15, 0.2) is 57.7 Å². The summed E-state index contributed by atoms with van der Waals surface area (Å²) in [7, 11) is 4.05. The molecule has 1 aromatic heterocycles. The van der Waals surface area contributed by atoms with E-state index in [1.807, 2.05) is 14.1 Å². The van der Waals surface area contributed by atoms with Crippen molar-refractivity contribution < 1.29 is 19.0 Å². The minimum atomic E-state index is -0.717. The number of amides is 1. The summed E-state index contributed by atoms with van der Waals surface area (Å²) in [6.45, 7) is 1.25. The molecule has 0 saturated carbocycles. The van der Waals surface area contributed by atoms with Crippen molar-refractivity contribution in [2.75, 3.05) is 27.2 Å². The van der Waals surface area contributed by atoms with Gasteiger partial charge in [-0.1, -0.05) is 24.3 Å². The standard InChI is InChI=1S/C22H21N3O5/c1-23(2)11-6-12-24-19(14-7-5-8-15(13-14)25(28)29)18-20(26)16-9-3-4-10-17(16)30-21(18)22(24)27/h3-5,7-10,13,19H,6,11-12H2,1-2H3/p+1/t19-/m0/s1. The van der Waals surface area contributed by atoms with Crippen molar-refractivity contribution in [3.63, 3.8) is 0 Å². The average molecular weight is 408 g/mol. The van der Waals surface area contributed by atoms with E-state index in [2.05, 4.69) is 0 Å². The Labute approximate surface area is 172 Å². The summed E-state index contributed by atoms with van der Waals surface area (Å²) in [5.41, 5.74) is 0.758. The van der Waals surface area contributed by atoms with Gasteiger partial charge in [0, 0.05) is 25.1 Å². The van der Waals surface area contributed by atoms with Gasteiger partial charge in [0.05, 0.1) is 42.6 Å². The molecule has 2 heterocycles. The molecule has 0 saturated heterocycles. The van der Waals surface area contributed by atoms with Crippen LogP contribution in [0.5, 0.6) is 0 Å². The highest BCUT2D eigenvalue weighted by Gasteiger charge is 2.42. The monoisotopic (exact) mass is 408 g/mol. The molecule has 0 bridgehead atoms. The minimum absolute atomic E-state index is 0.0207. The number of nitrogens with zero attached hydrogens (tertiary/aromatic N) is 2. The Morgan fingerprint density at radius 1 is 1.13 bits per heavy atom. The zero-order valence-corrected chi connectivity index (χ0v) is 16.8. The molecule has 1 amide bonds. The van der Waals surface area contributed by atoms with Gasteiger partial charge in [-0.25, -0.2) is 0 Å². The Hall–Kier alpha value is -3.52. The molecule has 30 heavy (non-hydrogen) atoms. The maximum absolute atomic E-state index is 13.3. The van der Waals surface area contributed by atoms with E-state index in [0.717, 1.165) is 13.0 Å². The quantitative estimate of drug-likeness (QED) is 0.495. The first kappa shape index (κ1) is 19.8. The van der Waals surface area contributed by atoms with Gasteiger partial charge in [0.25, 0.3) is 11.6 Å². The number of rotatable bonds is 6. The second kappa shape index (κ2) is 7.72. The number of hydrogen-bond acceptors (Lipinski definition) is 5. The van der Waals surface area contributed by atoms with Crippen LogP contribution in [0, 0.1) is 10.1 Å². The molecule has 1 aliphatic heterocycles. The zero-order valence-electron chi connectivity index (χ0n) is 16.8. The van der Waals surface area contributed by atoms with E-state index in [1.54, 1.807) is 41.3 Å². The molecule has 1 N–H and O–H groups in total. The lowest BCUT2D eigenvalue weighted by Gasteiger charge is -2.25. The highest BCUT2D eigenvalue weighted by Crippen LogP contribution is 2.38. The maximum Gasteiger partial charge on any atom is 0.290 e. The van der Waals surface area contributed by atoms with Crippen molar-refractivity contribution >= 4 is 22.6 Å². The third-order valence-electron chi connectivity index (χ3n) is 5.35. The number of quaternary nitrogens is 1. The van der Waals surface area contributed by atoms with Crippen LogP contribution in [-0.4, -0.2) is 42.9 Å². The molecule has 154 valence electrons. The van der Waals surface area contributed by atoms with Crippen LogP contribution in [0.1, 0.15) is 34.1 Å². The third-order valence-corrected chi connectivity index (χ3v) is 5.35. The lowest BCUT2D eigenvalue weighted by Crippen LogP contribution is -3.05. The highest BCUT2D eigenvalue weighted by atomic mass is 16.6. The van der Waals surface area contributed by atoms with Crippen LogP contribution in [0.2, 0.25) is 0 Å². The molecule has 4 rings (SSSR count). The number of fused-ring (bicyclic) bond motifs is 2. The predicted octanol–water partition coefficient (Wildman–Crippen LogP) is 1.78. The molecular formula is C22H22N3O5+. The molecule has 1 atom stereocenters. The number of para-hydroxylation sites is 1. The number of nitro groups is 1. The number of hydrogen-bond donors (Lipinski definition) is 1. The van der Waals surface area contributed by atoms with Crippen molar-refractivity contribution in [3.8, 4) is 0 Å². The number of carbonyl (C=O) groups excluding carboxylic acids is 1. The Morgan fingerprint density at radius 2 is 1.90 bits per heavy atom. The van der Waals surface area contributed by atoms with Crippen molar-refractivity contribution in [2.24, 2.45) is 0 Å². The van der Waals surface area contributed by atoms with Gasteiger partial charge in [0.2, 0.25) is 5.76 Å². The van der Waals surface area contributed by atoms with Gasteiger partial charge >= 0.3 is 0 Å². The molecular weight excluding hydrogens is 386 g/mol. The van der Waals surface area contributed by atoms with E-state index < -0.39 is 11.0 Å². The number of benzene rings is 2. The van der Waals surface area contributed by atoms with Crippen LogP contribution in [0.3, 0.4) is 0 Å². The molecule has 8 nitrogen and oxygen atoms in total. The minimum Gasteiger partial charge on any atom is -0.450 e. The summed E-state index contributed by atoms with van der Waals surface area (Å²) in [4.78, 5) is 40.2. The molecule has 2 aromatic carbocycles. The van der Waals surface area contributed by atoms with Crippen LogP contribution in [0.4, 0.5) is 5.69 Å². The largest absolute Gasteiger partial charge is 0.450 e. The molecule has 0 fully saturated rings. The van der Waals surface area contributed by atoms with Crippen LogP contribution < -0.4 is 10.3 Å². The normalized spacial score (nSPS) is 15.8. The first-order chi connectivity index (χ1) is 14.4. The van der Waals surface area contributed by atoms with Crippen LogP contribution in [-0.2, 0) is 0 Å². The smallest absolute Gasteiger partial charge is 0.290 e. The van der Waals surface area contributed by atoms with Gasteiger partial charge in [-0.3, -0.25) is 19.7 Å². The van der Waals surface area contributed by atoms with E-state index in [-0.39, 0.29) is 28.3 Å². The summed E-state index contributed by atoms with van der Waals surface area (Å²) >= 11 is 0. The van der Waals surface area contributed by atoms with Crippen molar-refractivity contribution in [2.45, 2.75) is 12.5 Å². The van der Waals surface area contributed by atoms with E-state index >= 15 is 0 Å². The van der Waals surface area contributed by atoms with Gasteiger partial charge in [-0.15, -0.1) is 0 Å². The van der Waals surface area contributed by atoms with Crippen molar-refractivity contribution in [1.82, 2.24) is 4.90 Å². The van der Waals surface area contributed by atoms with Gasteiger partial charge in [-0.05, 0) is 17.7 Å². The molecule has 0 radical (unpaired) electrons. The molecule has 0 unspecified atom stereocenters. The van der Waals surface area contributed by atoms with E-state index in [0.29, 0.717) is 23.1 Å². The summed E-state index contributed by atoms with van der Waals surface area (Å²) < 4.78 is 5.85. The fourth-order valence-electron chi connectivity index (χ4n) is 3.96. The second-order valence-corrected chi connectivity index (χ2v) is 7.73. The van der Waals surface area contributed by atoms with E-state index in [4.69, 9.17) is 4.42 Å². The summed E-state index contributed by atoms with van der Waals surface area (Å²) in [6.07, 6.45) is 0.723. The van der Waals surface area contributed by atoms with Crippen molar-refractivity contribution in [1.29, 1.82) is 0 Å². The van der Waals surface area contributed by atoms with Crippen LogP contribution >= 0.6 is 0 Å². The fraction of sp³-hybridized carbons (Fsp3) is 0.273. The molecule has 1 aliphatic rings. The van der Waals surface area contributed by atoms with Crippen molar-refractivity contribution in [3.05, 3.63) is 85.8 Å². The summed E-state index contributed by atoms with van der Waals surface area (Å²) in [5, 5.41) is 11.7. The molecule has 0 spiro atoms. The van der Waals surface area contributed by atoms with E-state index in [9.17, 15) is 19.7 Å². The maximum atomic E-state index is 13.3. The number of carbonyl (C=O) groups is 1. The Balaban J connectivity index is 1.89. The molecule has 0 aliphatic carbocycles. The Bertz CT molecular complexity index is 1200. The van der Waals surface area contributed by atoms with Gasteiger partial charge in [0.15, 0.2) is 5.43 Å². The first-order valence-corrected chi connectivity index (χ1v) is 9.78. The third kappa shape index (κ3) is 3.35. The van der Waals surface area contributed by atoms with Gasteiger partial charge < -0.3 is 14.2 Å². The number of nitro benzene ring substituents is 1. The summed E-state index contributed by atoms with van der Waals surface area (Å²) in [5.74, 6) is -0.342. The number of nitrogens with one attached hydrogen (secondary N) is 1. The molecule has 8 heteroatoms. The lowest BCUT2D eigenvalue weighted by molar-refractivity contribution is -0.858. The topological polar surface area (TPSA) is 98.1 Å². The Kier molecular flexibility index (Phi) is 5.09. The first-order valence-electron chi connectivity index (χ1n) is 9.78. The lowest BCUT2D eigenvalue weighted by atomic mass is 9.98. The molecule has 3 aromatic rings. The Morgan fingerprint density at radius 3 is 2.63 bits per heavy atom. The van der Waals surface area contributed by atoms with Crippen LogP contribution in [0.25, 0.3) is 11.0 Å². The van der Waals surface area contributed by atoms with Gasteiger partial charge in [0.1, 0.15) is 5.58 Å². The second-order valence-electron chi connectivity index (χ2n) is 7.73. The van der Waals surface area contributed by atoms with Gasteiger partial charge in [-0.2, -0.15) is 0 Å². The SMILES string of the molecule is C[NH+](C)CCCN1C(=O)c2oc3ccccc3c(=O)c2[C@@H]1c1cccc([N+](=O)[O-])c1. The van der Waals surface area contributed by atoms with E-state index in [1.165, 1.54) is 17.0 Å². The fourth-order valence-corrected chi connectivity index (χ4v) is 3.96. The summed E-state index contributed by atoms with van der Waals surface area (Å²) in [6, 6.07) is 12.2. The average Bonchev–Trinajstić information content (AvgIpc) is 3.00. The zero-order chi connectivity index (χ0) is 21.4. The predicted molar refractivity (Wildman–Crippen MR) is 111 cm³/mol.